The molecule has 0 atom stereocenters. The summed E-state index contributed by atoms with van der Waals surface area (Å²) in [5, 5.41) is 15.8. The average molecular weight is 288 g/mol. The molecule has 0 aliphatic heterocycles. The third-order valence-electron chi connectivity index (χ3n) is 4.21. The number of hydrogen-bond acceptors (Lipinski definition) is 3. The Balaban J connectivity index is 1.58. The fourth-order valence-corrected chi connectivity index (χ4v) is 2.66. The molecule has 0 spiro atoms. The van der Waals surface area contributed by atoms with Crippen molar-refractivity contribution in [2.45, 2.75) is 44.1 Å². The number of benzene rings is 1. The van der Waals surface area contributed by atoms with E-state index in [1.54, 1.807) is 24.3 Å². The van der Waals surface area contributed by atoms with Crippen molar-refractivity contribution in [2.75, 3.05) is 10.6 Å². The minimum atomic E-state index is -1.22. The van der Waals surface area contributed by atoms with Crippen LogP contribution in [0, 0.1) is 5.92 Å². The highest BCUT2D eigenvalue weighted by molar-refractivity contribution is 5.98. The zero-order chi connectivity index (χ0) is 14.9. The third kappa shape index (κ3) is 3.24. The van der Waals surface area contributed by atoms with Gasteiger partial charge in [0.2, 0.25) is 5.91 Å². The van der Waals surface area contributed by atoms with E-state index in [9.17, 15) is 14.7 Å². The number of nitrogens with one attached hydrogen (secondary N) is 2. The number of amides is 2. The highest BCUT2D eigenvalue weighted by Gasteiger charge is 2.38. The molecule has 3 rings (SSSR count). The number of hydrogen-bond donors (Lipinski definition) is 3. The standard InChI is InChI=1S/C16H20N2O3/c19-14(11-3-4-11)17-12-5-7-13(8-6-12)18-15(20)16(21)9-1-2-10-16/h5-8,11,21H,1-4,9-10H2,(H,17,19)(H,18,20). The Kier molecular flexibility index (Phi) is 3.68. The van der Waals surface area contributed by atoms with Crippen LogP contribution < -0.4 is 10.6 Å². The molecular formula is C16H20N2O3. The van der Waals surface area contributed by atoms with Gasteiger partial charge < -0.3 is 15.7 Å². The van der Waals surface area contributed by atoms with E-state index < -0.39 is 5.60 Å². The van der Waals surface area contributed by atoms with E-state index in [1.807, 2.05) is 0 Å². The Morgan fingerprint density at radius 3 is 2.05 bits per heavy atom. The SMILES string of the molecule is O=C(Nc1ccc(NC(=O)C2(O)CCCC2)cc1)C1CC1. The maximum absolute atomic E-state index is 12.1. The van der Waals surface area contributed by atoms with E-state index in [4.69, 9.17) is 0 Å². The first-order valence-corrected chi connectivity index (χ1v) is 7.52. The summed E-state index contributed by atoms with van der Waals surface area (Å²) in [6, 6.07) is 6.99. The van der Waals surface area contributed by atoms with Crippen LogP contribution in [0.2, 0.25) is 0 Å². The molecule has 2 saturated carbocycles. The lowest BCUT2D eigenvalue weighted by Gasteiger charge is -2.21. The molecule has 0 radical (unpaired) electrons. The normalized spacial score (nSPS) is 20.0. The first-order valence-electron chi connectivity index (χ1n) is 7.52. The lowest BCUT2D eigenvalue weighted by atomic mass is 10.0. The third-order valence-corrected chi connectivity index (χ3v) is 4.21. The maximum Gasteiger partial charge on any atom is 0.256 e. The lowest BCUT2D eigenvalue weighted by molar-refractivity contribution is -0.133. The summed E-state index contributed by atoms with van der Waals surface area (Å²) < 4.78 is 0. The molecule has 0 saturated heterocycles. The largest absolute Gasteiger partial charge is 0.380 e. The predicted octanol–water partition coefficient (Wildman–Crippen LogP) is 2.28. The van der Waals surface area contributed by atoms with Gasteiger partial charge in [0.15, 0.2) is 0 Å². The molecule has 0 unspecified atom stereocenters. The minimum Gasteiger partial charge on any atom is -0.380 e. The summed E-state index contributed by atoms with van der Waals surface area (Å²) in [5.41, 5.74) is 0.132. The van der Waals surface area contributed by atoms with Crippen LogP contribution in [0.4, 0.5) is 11.4 Å². The van der Waals surface area contributed by atoms with Gasteiger partial charge in [0, 0.05) is 17.3 Å². The molecule has 5 nitrogen and oxygen atoms in total. The highest BCUT2D eigenvalue weighted by atomic mass is 16.3. The van der Waals surface area contributed by atoms with Crippen molar-refractivity contribution >= 4 is 23.2 Å². The van der Waals surface area contributed by atoms with E-state index in [-0.39, 0.29) is 17.7 Å². The first kappa shape index (κ1) is 14.1. The second-order valence-corrected chi connectivity index (χ2v) is 6.03. The quantitative estimate of drug-likeness (QED) is 0.795. The maximum atomic E-state index is 12.1. The van der Waals surface area contributed by atoms with Gasteiger partial charge in [0.25, 0.3) is 5.91 Å². The van der Waals surface area contributed by atoms with Gasteiger partial charge in [0.05, 0.1) is 0 Å². The molecule has 2 amide bonds. The van der Waals surface area contributed by atoms with Gasteiger partial charge in [-0.1, -0.05) is 0 Å². The van der Waals surface area contributed by atoms with Crippen molar-refractivity contribution in [3.63, 3.8) is 0 Å². The number of rotatable bonds is 4. The summed E-state index contributed by atoms with van der Waals surface area (Å²) in [4.78, 5) is 23.7. The van der Waals surface area contributed by atoms with Crippen molar-refractivity contribution in [1.82, 2.24) is 0 Å². The van der Waals surface area contributed by atoms with Crippen LogP contribution in [0.5, 0.6) is 0 Å². The van der Waals surface area contributed by atoms with E-state index >= 15 is 0 Å². The van der Waals surface area contributed by atoms with E-state index in [0.29, 0.717) is 18.5 Å². The zero-order valence-corrected chi connectivity index (χ0v) is 11.9. The number of aliphatic hydroxyl groups is 1. The highest BCUT2D eigenvalue weighted by Crippen LogP contribution is 2.31. The van der Waals surface area contributed by atoms with E-state index in [1.165, 1.54) is 0 Å². The van der Waals surface area contributed by atoms with Crippen LogP contribution >= 0.6 is 0 Å². The van der Waals surface area contributed by atoms with Crippen LogP contribution in [0.3, 0.4) is 0 Å². The van der Waals surface area contributed by atoms with Gasteiger partial charge in [-0.3, -0.25) is 9.59 Å². The van der Waals surface area contributed by atoms with Crippen LogP contribution in [0.1, 0.15) is 38.5 Å². The molecule has 0 heterocycles. The molecule has 5 heteroatoms. The fourth-order valence-electron chi connectivity index (χ4n) is 2.66. The molecule has 1 aromatic carbocycles. The molecule has 1 aromatic rings. The van der Waals surface area contributed by atoms with E-state index in [0.717, 1.165) is 31.4 Å². The Hall–Kier alpha value is -1.88. The van der Waals surface area contributed by atoms with Gasteiger partial charge in [-0.25, -0.2) is 0 Å². The van der Waals surface area contributed by atoms with Crippen molar-refractivity contribution in [3.05, 3.63) is 24.3 Å². The molecule has 2 fully saturated rings. The first-order chi connectivity index (χ1) is 10.1. The average Bonchev–Trinajstić information content (AvgIpc) is 3.23. The van der Waals surface area contributed by atoms with Gasteiger partial charge in [0.1, 0.15) is 5.60 Å². The van der Waals surface area contributed by atoms with Gasteiger partial charge >= 0.3 is 0 Å². The Morgan fingerprint density at radius 2 is 1.52 bits per heavy atom. The second-order valence-electron chi connectivity index (χ2n) is 6.03. The Morgan fingerprint density at radius 1 is 1.00 bits per heavy atom. The smallest absolute Gasteiger partial charge is 0.256 e. The molecule has 2 aliphatic carbocycles. The lowest BCUT2D eigenvalue weighted by Crippen LogP contribution is -2.40. The van der Waals surface area contributed by atoms with E-state index in [2.05, 4.69) is 10.6 Å². The monoisotopic (exact) mass is 288 g/mol. The van der Waals surface area contributed by atoms with Crippen molar-refractivity contribution in [1.29, 1.82) is 0 Å². The summed E-state index contributed by atoms with van der Waals surface area (Å²) in [7, 11) is 0. The number of carbonyl (C=O) groups excluding carboxylic acids is 2. The predicted molar refractivity (Wildman–Crippen MR) is 79.8 cm³/mol. The van der Waals surface area contributed by atoms with Crippen LogP contribution in [-0.4, -0.2) is 22.5 Å². The number of anilines is 2. The van der Waals surface area contributed by atoms with Gasteiger partial charge in [-0.15, -0.1) is 0 Å². The summed E-state index contributed by atoms with van der Waals surface area (Å²) in [6.07, 6.45) is 4.76. The van der Waals surface area contributed by atoms with Crippen LogP contribution in [0.15, 0.2) is 24.3 Å². The molecule has 21 heavy (non-hydrogen) atoms. The van der Waals surface area contributed by atoms with Crippen molar-refractivity contribution < 1.29 is 14.7 Å². The zero-order valence-electron chi connectivity index (χ0n) is 11.9. The molecular weight excluding hydrogens is 268 g/mol. The van der Waals surface area contributed by atoms with Crippen LogP contribution in [0.25, 0.3) is 0 Å². The number of carbonyl (C=O) groups is 2. The van der Waals surface area contributed by atoms with Crippen molar-refractivity contribution in [2.24, 2.45) is 5.92 Å². The summed E-state index contributed by atoms with van der Waals surface area (Å²) >= 11 is 0. The molecule has 0 aromatic heterocycles. The van der Waals surface area contributed by atoms with Crippen LogP contribution in [-0.2, 0) is 9.59 Å². The minimum absolute atomic E-state index is 0.0621. The van der Waals surface area contributed by atoms with Gasteiger partial charge in [-0.05, 0) is 62.8 Å². The molecule has 0 bridgehead atoms. The fraction of sp³-hybridized carbons (Fsp3) is 0.500. The second kappa shape index (κ2) is 5.48. The van der Waals surface area contributed by atoms with Gasteiger partial charge in [-0.2, -0.15) is 0 Å². The topological polar surface area (TPSA) is 78.4 Å². The van der Waals surface area contributed by atoms with Crippen molar-refractivity contribution in [3.8, 4) is 0 Å². The molecule has 2 aliphatic rings. The Bertz CT molecular complexity index is 543. The Labute approximate surface area is 123 Å². The summed E-state index contributed by atoms with van der Waals surface area (Å²) in [5.74, 6) is -0.109. The molecule has 112 valence electrons. The molecule has 3 N–H and O–H groups in total. The summed E-state index contributed by atoms with van der Waals surface area (Å²) in [6.45, 7) is 0.